The quantitative estimate of drug-likeness (QED) is 0.761. The Morgan fingerprint density at radius 2 is 2.24 bits per heavy atom. The second-order valence-corrected chi connectivity index (χ2v) is 5.71. The van der Waals surface area contributed by atoms with Crippen LogP contribution in [0.1, 0.15) is 30.2 Å². The third-order valence-electron chi connectivity index (χ3n) is 4.03. The molecule has 0 aromatic carbocycles. The van der Waals surface area contributed by atoms with E-state index in [-0.39, 0.29) is 5.56 Å². The number of methoxy groups -OCH3 is 1. The summed E-state index contributed by atoms with van der Waals surface area (Å²) in [5.41, 5.74) is 3.56. The molecule has 2 rings (SSSR count). The van der Waals surface area contributed by atoms with Crippen LogP contribution < -0.4 is 10.9 Å². The van der Waals surface area contributed by atoms with Gasteiger partial charge in [-0.1, -0.05) is 6.92 Å². The Kier molecular flexibility index (Phi) is 5.96. The van der Waals surface area contributed by atoms with Gasteiger partial charge in [0.15, 0.2) is 0 Å². The van der Waals surface area contributed by atoms with Crippen LogP contribution in [0, 0.1) is 0 Å². The number of pyridine rings is 1. The fourth-order valence-corrected chi connectivity index (χ4v) is 2.91. The smallest absolute Gasteiger partial charge is 0.255 e. The van der Waals surface area contributed by atoms with Gasteiger partial charge in [0.2, 0.25) is 0 Å². The van der Waals surface area contributed by atoms with Gasteiger partial charge in [0.25, 0.3) is 5.56 Å². The predicted molar refractivity (Wildman–Crippen MR) is 84.6 cm³/mol. The lowest BCUT2D eigenvalue weighted by molar-refractivity contribution is 0.189. The van der Waals surface area contributed by atoms with E-state index in [4.69, 9.17) is 4.74 Å². The molecule has 1 aliphatic rings. The summed E-state index contributed by atoms with van der Waals surface area (Å²) in [4.78, 5) is 15.0. The van der Waals surface area contributed by atoms with Crippen LogP contribution in [-0.2, 0) is 30.8 Å². The molecule has 0 radical (unpaired) electrons. The fourth-order valence-electron chi connectivity index (χ4n) is 2.91. The highest BCUT2D eigenvalue weighted by molar-refractivity contribution is 5.29. The molecule has 0 atom stereocenters. The Morgan fingerprint density at radius 1 is 1.43 bits per heavy atom. The molecule has 0 saturated heterocycles. The second kappa shape index (κ2) is 7.73. The molecule has 0 aliphatic carbocycles. The van der Waals surface area contributed by atoms with Crippen LogP contribution >= 0.6 is 0 Å². The molecular formula is C16H27N3O2. The van der Waals surface area contributed by atoms with Crippen molar-refractivity contribution < 1.29 is 4.74 Å². The van der Waals surface area contributed by atoms with Crippen molar-refractivity contribution in [2.75, 3.05) is 33.9 Å². The van der Waals surface area contributed by atoms with Crippen LogP contribution in [0.2, 0.25) is 0 Å². The Bertz CT molecular complexity index is 525. The molecule has 0 spiro atoms. The predicted octanol–water partition coefficient (Wildman–Crippen LogP) is 0.982. The first kappa shape index (κ1) is 16.2. The van der Waals surface area contributed by atoms with E-state index < -0.39 is 0 Å². The molecule has 1 N–H and O–H groups in total. The summed E-state index contributed by atoms with van der Waals surface area (Å²) in [6.07, 6.45) is 1.83. The van der Waals surface area contributed by atoms with Crippen LogP contribution in [0.15, 0.2) is 10.9 Å². The molecule has 0 saturated carbocycles. The Balaban J connectivity index is 2.34. The number of ether oxygens (including phenoxy) is 1. The number of nitrogens with zero attached hydrogens (tertiary/aromatic N) is 2. The van der Waals surface area contributed by atoms with E-state index in [9.17, 15) is 4.79 Å². The van der Waals surface area contributed by atoms with Crippen LogP contribution in [0.3, 0.4) is 0 Å². The zero-order valence-corrected chi connectivity index (χ0v) is 13.4. The van der Waals surface area contributed by atoms with Crippen molar-refractivity contribution in [2.45, 2.75) is 39.4 Å². The summed E-state index contributed by atoms with van der Waals surface area (Å²) in [6.45, 7) is 6.97. The van der Waals surface area contributed by atoms with Crippen molar-refractivity contribution in [3.63, 3.8) is 0 Å². The minimum atomic E-state index is 0.162. The lowest BCUT2D eigenvalue weighted by atomic mass is 10.0. The highest BCUT2D eigenvalue weighted by Crippen LogP contribution is 2.18. The van der Waals surface area contributed by atoms with Gasteiger partial charge < -0.3 is 19.5 Å². The zero-order valence-electron chi connectivity index (χ0n) is 13.4. The molecule has 1 aromatic heterocycles. The molecule has 5 nitrogen and oxygen atoms in total. The van der Waals surface area contributed by atoms with Gasteiger partial charge in [0.05, 0.1) is 0 Å². The summed E-state index contributed by atoms with van der Waals surface area (Å²) in [6, 6.07) is 2.10. The number of likely N-dealkylation sites (N-methyl/N-ethyl adjacent to an activating group) is 1. The van der Waals surface area contributed by atoms with E-state index >= 15 is 0 Å². The first-order valence-electron chi connectivity index (χ1n) is 7.80. The number of hydrogen-bond donors (Lipinski definition) is 1. The summed E-state index contributed by atoms with van der Waals surface area (Å²) in [5.74, 6) is 0. The second-order valence-electron chi connectivity index (χ2n) is 5.71. The Hall–Kier alpha value is -1.17. The van der Waals surface area contributed by atoms with E-state index in [0.717, 1.165) is 44.6 Å². The van der Waals surface area contributed by atoms with Crippen molar-refractivity contribution in [1.82, 2.24) is 14.8 Å². The highest BCUT2D eigenvalue weighted by atomic mass is 16.5. The molecular weight excluding hydrogens is 266 g/mol. The first-order chi connectivity index (χ1) is 10.2. The number of rotatable bonds is 7. The molecule has 21 heavy (non-hydrogen) atoms. The lowest BCUT2D eigenvalue weighted by Crippen LogP contribution is -2.36. The SMILES string of the molecule is CCNCc1cc2c(n(CCCOC)c1=O)CCN(C)C2. The maximum absolute atomic E-state index is 12.7. The molecule has 118 valence electrons. The van der Waals surface area contributed by atoms with E-state index in [2.05, 4.69) is 30.3 Å². The summed E-state index contributed by atoms with van der Waals surface area (Å²) < 4.78 is 7.10. The number of nitrogens with one attached hydrogen (secondary N) is 1. The normalized spacial score (nSPS) is 15.2. The van der Waals surface area contributed by atoms with Gasteiger partial charge in [-0.2, -0.15) is 0 Å². The number of fused-ring (bicyclic) bond motifs is 1. The van der Waals surface area contributed by atoms with Crippen molar-refractivity contribution >= 4 is 0 Å². The minimum Gasteiger partial charge on any atom is -0.385 e. The molecule has 0 fully saturated rings. The van der Waals surface area contributed by atoms with Crippen LogP contribution in [-0.4, -0.2) is 43.3 Å². The van der Waals surface area contributed by atoms with Gasteiger partial charge >= 0.3 is 0 Å². The van der Waals surface area contributed by atoms with E-state index in [1.807, 2.05) is 4.57 Å². The van der Waals surface area contributed by atoms with Gasteiger partial charge in [-0.05, 0) is 31.6 Å². The molecule has 5 heteroatoms. The third kappa shape index (κ3) is 3.93. The summed E-state index contributed by atoms with van der Waals surface area (Å²) in [5, 5.41) is 3.27. The lowest BCUT2D eigenvalue weighted by Gasteiger charge is -2.28. The van der Waals surface area contributed by atoms with E-state index in [1.165, 1.54) is 11.3 Å². The van der Waals surface area contributed by atoms with Gasteiger partial charge in [0.1, 0.15) is 0 Å². The topological polar surface area (TPSA) is 46.5 Å². The van der Waals surface area contributed by atoms with Crippen LogP contribution in [0.25, 0.3) is 0 Å². The van der Waals surface area contributed by atoms with Crippen molar-refractivity contribution in [2.24, 2.45) is 0 Å². The molecule has 0 bridgehead atoms. The molecule has 2 heterocycles. The zero-order chi connectivity index (χ0) is 15.2. The molecule has 0 amide bonds. The van der Waals surface area contributed by atoms with Gasteiger partial charge in [-0.3, -0.25) is 4.79 Å². The monoisotopic (exact) mass is 293 g/mol. The highest BCUT2D eigenvalue weighted by Gasteiger charge is 2.19. The standard InChI is InChI=1S/C16H27N3O2/c1-4-17-11-13-10-14-12-18(2)8-6-15(14)19(16(13)20)7-5-9-21-3/h10,17H,4-9,11-12H2,1-3H3. The molecule has 1 aliphatic heterocycles. The van der Waals surface area contributed by atoms with Crippen LogP contribution in [0.4, 0.5) is 0 Å². The third-order valence-corrected chi connectivity index (χ3v) is 4.03. The van der Waals surface area contributed by atoms with Crippen molar-refractivity contribution in [3.05, 3.63) is 33.2 Å². The molecule has 0 unspecified atom stereocenters. The minimum absolute atomic E-state index is 0.162. The van der Waals surface area contributed by atoms with Gasteiger partial charge in [-0.25, -0.2) is 0 Å². The fraction of sp³-hybridized carbons (Fsp3) is 0.688. The van der Waals surface area contributed by atoms with Crippen LogP contribution in [0.5, 0.6) is 0 Å². The van der Waals surface area contributed by atoms with Gasteiger partial charge in [0, 0.05) is 57.6 Å². The van der Waals surface area contributed by atoms with Crippen molar-refractivity contribution in [3.8, 4) is 0 Å². The summed E-state index contributed by atoms with van der Waals surface area (Å²) >= 11 is 0. The Labute approximate surface area is 126 Å². The molecule has 1 aromatic rings. The van der Waals surface area contributed by atoms with E-state index in [0.29, 0.717) is 13.2 Å². The average molecular weight is 293 g/mol. The van der Waals surface area contributed by atoms with Crippen molar-refractivity contribution in [1.29, 1.82) is 0 Å². The first-order valence-corrected chi connectivity index (χ1v) is 7.80. The van der Waals surface area contributed by atoms with Gasteiger partial charge in [-0.15, -0.1) is 0 Å². The maximum atomic E-state index is 12.7. The number of aromatic nitrogens is 1. The largest absolute Gasteiger partial charge is 0.385 e. The number of hydrogen-bond acceptors (Lipinski definition) is 4. The summed E-state index contributed by atoms with van der Waals surface area (Å²) in [7, 11) is 3.84. The maximum Gasteiger partial charge on any atom is 0.255 e. The Morgan fingerprint density at radius 3 is 2.95 bits per heavy atom. The average Bonchev–Trinajstić information content (AvgIpc) is 2.48. The van der Waals surface area contributed by atoms with E-state index in [1.54, 1.807) is 7.11 Å².